The zero-order chi connectivity index (χ0) is 13.8. The molecule has 4 nitrogen and oxygen atoms in total. The fourth-order valence-corrected chi connectivity index (χ4v) is 3.05. The quantitative estimate of drug-likeness (QED) is 0.743. The van der Waals surface area contributed by atoms with Crippen molar-refractivity contribution < 1.29 is 4.74 Å². The van der Waals surface area contributed by atoms with Gasteiger partial charge in [-0.1, -0.05) is 13.8 Å². The third-order valence-corrected chi connectivity index (χ3v) is 4.86. The van der Waals surface area contributed by atoms with Gasteiger partial charge in [0.1, 0.15) is 0 Å². The number of hydrogen-bond donors (Lipinski definition) is 1. The Bertz CT molecular complexity index is 245. The van der Waals surface area contributed by atoms with Crippen molar-refractivity contribution in [3.8, 4) is 0 Å². The first-order chi connectivity index (χ1) is 8.53. The summed E-state index contributed by atoms with van der Waals surface area (Å²) in [7, 11) is 1.77. The average molecular weight is 257 g/mol. The first-order valence-electron chi connectivity index (χ1n) is 7.25. The molecule has 1 aliphatic heterocycles. The Labute approximate surface area is 112 Å². The van der Waals surface area contributed by atoms with Crippen molar-refractivity contribution in [2.75, 3.05) is 39.8 Å². The molecule has 1 rings (SSSR count). The van der Waals surface area contributed by atoms with E-state index in [0.29, 0.717) is 12.6 Å². The predicted octanol–water partition coefficient (Wildman–Crippen LogP) is 1.15. The molecule has 3 atom stereocenters. The normalized spacial score (nSPS) is 26.5. The molecule has 108 valence electrons. The molecule has 3 unspecified atom stereocenters. The van der Waals surface area contributed by atoms with E-state index in [1.165, 1.54) is 6.42 Å². The van der Waals surface area contributed by atoms with Gasteiger partial charge in [-0.2, -0.15) is 0 Å². The highest BCUT2D eigenvalue weighted by atomic mass is 16.5. The van der Waals surface area contributed by atoms with Crippen molar-refractivity contribution in [1.82, 2.24) is 9.80 Å². The van der Waals surface area contributed by atoms with Crippen LogP contribution in [0.4, 0.5) is 0 Å². The molecular formula is C14H31N3O. The van der Waals surface area contributed by atoms with Gasteiger partial charge in [-0.05, 0) is 33.4 Å². The van der Waals surface area contributed by atoms with Gasteiger partial charge in [0.15, 0.2) is 0 Å². The van der Waals surface area contributed by atoms with Crippen LogP contribution in [0.5, 0.6) is 0 Å². The zero-order valence-corrected chi connectivity index (χ0v) is 12.8. The van der Waals surface area contributed by atoms with Crippen molar-refractivity contribution in [3.63, 3.8) is 0 Å². The minimum atomic E-state index is -0.0450. The Kier molecular flexibility index (Phi) is 6.05. The second kappa shape index (κ2) is 6.85. The van der Waals surface area contributed by atoms with Crippen LogP contribution < -0.4 is 5.73 Å². The van der Waals surface area contributed by atoms with Crippen molar-refractivity contribution in [3.05, 3.63) is 0 Å². The molecule has 0 aromatic rings. The smallest absolute Gasteiger partial charge is 0.0736 e. The van der Waals surface area contributed by atoms with E-state index in [1.807, 2.05) is 0 Å². The fraction of sp³-hybridized carbons (Fsp3) is 1.00. The van der Waals surface area contributed by atoms with Crippen molar-refractivity contribution in [1.29, 1.82) is 0 Å². The topological polar surface area (TPSA) is 41.7 Å². The lowest BCUT2D eigenvalue weighted by molar-refractivity contribution is -0.0234. The lowest BCUT2D eigenvalue weighted by atomic mass is 9.94. The summed E-state index contributed by atoms with van der Waals surface area (Å²) in [6, 6.07) is 0.676. The Hall–Kier alpha value is -0.160. The first kappa shape index (κ1) is 15.9. The van der Waals surface area contributed by atoms with Gasteiger partial charge in [0.05, 0.1) is 11.6 Å². The average Bonchev–Trinajstić information content (AvgIpc) is 2.88. The lowest BCUT2D eigenvalue weighted by Crippen LogP contribution is -2.58. The first-order valence-corrected chi connectivity index (χ1v) is 7.25. The molecule has 0 radical (unpaired) electrons. The summed E-state index contributed by atoms with van der Waals surface area (Å²) in [6.07, 6.45) is 1.41. The van der Waals surface area contributed by atoms with Gasteiger partial charge in [-0.3, -0.25) is 9.80 Å². The summed E-state index contributed by atoms with van der Waals surface area (Å²) in [5, 5.41) is 0. The van der Waals surface area contributed by atoms with Gasteiger partial charge in [0.25, 0.3) is 0 Å². The van der Waals surface area contributed by atoms with E-state index in [-0.39, 0.29) is 11.6 Å². The maximum absolute atomic E-state index is 6.01. The Morgan fingerprint density at radius 2 is 2.06 bits per heavy atom. The standard InChI is InChI=1S/C14H31N3O/c1-6-16(7-2)13-8-9-17(10-13)14(4,11-15)12(3)18-5/h12-13H,6-11,15H2,1-5H3. The number of methoxy groups -OCH3 is 1. The van der Waals surface area contributed by atoms with E-state index < -0.39 is 0 Å². The second-order valence-corrected chi connectivity index (χ2v) is 5.55. The summed E-state index contributed by atoms with van der Waals surface area (Å²) in [5.74, 6) is 0. The predicted molar refractivity (Wildman–Crippen MR) is 76.8 cm³/mol. The number of nitrogens with two attached hydrogens (primary N) is 1. The monoisotopic (exact) mass is 257 g/mol. The highest BCUT2D eigenvalue weighted by Gasteiger charge is 2.41. The van der Waals surface area contributed by atoms with Crippen LogP contribution in [-0.4, -0.2) is 67.3 Å². The third-order valence-electron chi connectivity index (χ3n) is 4.86. The Balaban J connectivity index is 2.69. The minimum absolute atomic E-state index is 0.0450. The van der Waals surface area contributed by atoms with Crippen molar-refractivity contribution in [2.24, 2.45) is 5.73 Å². The van der Waals surface area contributed by atoms with Gasteiger partial charge in [0, 0.05) is 32.8 Å². The van der Waals surface area contributed by atoms with E-state index in [9.17, 15) is 0 Å². The molecule has 18 heavy (non-hydrogen) atoms. The molecule has 1 saturated heterocycles. The number of hydrogen-bond acceptors (Lipinski definition) is 4. The van der Waals surface area contributed by atoms with Gasteiger partial charge in [0.2, 0.25) is 0 Å². The van der Waals surface area contributed by atoms with Crippen LogP contribution in [0, 0.1) is 0 Å². The highest BCUT2D eigenvalue weighted by Crippen LogP contribution is 2.27. The molecule has 1 heterocycles. The summed E-state index contributed by atoms with van der Waals surface area (Å²) in [5.41, 5.74) is 5.97. The van der Waals surface area contributed by atoms with Crippen LogP contribution in [0.1, 0.15) is 34.1 Å². The molecule has 0 aliphatic carbocycles. The Morgan fingerprint density at radius 3 is 2.50 bits per heavy atom. The second-order valence-electron chi connectivity index (χ2n) is 5.55. The summed E-state index contributed by atoms with van der Waals surface area (Å²) >= 11 is 0. The summed E-state index contributed by atoms with van der Waals surface area (Å²) in [6.45, 7) is 14.0. The molecule has 0 aromatic carbocycles. The summed E-state index contributed by atoms with van der Waals surface area (Å²) in [4.78, 5) is 5.07. The molecule has 0 saturated carbocycles. The van der Waals surface area contributed by atoms with E-state index in [0.717, 1.165) is 26.2 Å². The molecule has 4 heteroatoms. The number of ether oxygens (including phenoxy) is 1. The number of likely N-dealkylation sites (N-methyl/N-ethyl adjacent to an activating group) is 1. The van der Waals surface area contributed by atoms with Crippen LogP contribution in [0.3, 0.4) is 0 Å². The molecule has 0 aromatic heterocycles. The molecule has 0 spiro atoms. The van der Waals surface area contributed by atoms with Crippen LogP contribution >= 0.6 is 0 Å². The highest BCUT2D eigenvalue weighted by molar-refractivity contribution is 4.98. The van der Waals surface area contributed by atoms with E-state index in [2.05, 4.69) is 37.5 Å². The summed E-state index contributed by atoms with van der Waals surface area (Å²) < 4.78 is 5.53. The zero-order valence-electron chi connectivity index (χ0n) is 12.8. The van der Waals surface area contributed by atoms with Gasteiger partial charge >= 0.3 is 0 Å². The van der Waals surface area contributed by atoms with Gasteiger partial charge in [-0.15, -0.1) is 0 Å². The van der Waals surface area contributed by atoms with Crippen LogP contribution in [0.2, 0.25) is 0 Å². The largest absolute Gasteiger partial charge is 0.380 e. The van der Waals surface area contributed by atoms with Gasteiger partial charge in [-0.25, -0.2) is 0 Å². The van der Waals surface area contributed by atoms with Crippen molar-refractivity contribution >= 4 is 0 Å². The maximum atomic E-state index is 6.01. The minimum Gasteiger partial charge on any atom is -0.380 e. The number of likely N-dealkylation sites (tertiary alicyclic amines) is 1. The molecule has 0 bridgehead atoms. The van der Waals surface area contributed by atoms with E-state index in [1.54, 1.807) is 7.11 Å². The van der Waals surface area contributed by atoms with Crippen LogP contribution in [0.15, 0.2) is 0 Å². The number of nitrogens with zero attached hydrogens (tertiary/aromatic N) is 2. The van der Waals surface area contributed by atoms with E-state index in [4.69, 9.17) is 10.5 Å². The fourth-order valence-electron chi connectivity index (χ4n) is 3.05. The maximum Gasteiger partial charge on any atom is 0.0736 e. The molecule has 0 amide bonds. The number of rotatable bonds is 7. The molecule has 1 fully saturated rings. The molecular weight excluding hydrogens is 226 g/mol. The van der Waals surface area contributed by atoms with E-state index >= 15 is 0 Å². The Morgan fingerprint density at radius 1 is 1.44 bits per heavy atom. The lowest BCUT2D eigenvalue weighted by Gasteiger charge is -2.42. The van der Waals surface area contributed by atoms with Crippen LogP contribution in [-0.2, 0) is 4.74 Å². The van der Waals surface area contributed by atoms with Crippen LogP contribution in [0.25, 0.3) is 0 Å². The molecule has 1 aliphatic rings. The third kappa shape index (κ3) is 3.05. The van der Waals surface area contributed by atoms with Crippen molar-refractivity contribution in [2.45, 2.75) is 51.8 Å². The molecule has 2 N–H and O–H groups in total. The SMILES string of the molecule is CCN(CC)C1CCN(C(C)(CN)C(C)OC)C1. The van der Waals surface area contributed by atoms with Gasteiger partial charge < -0.3 is 10.5 Å².